The zero-order valence-corrected chi connectivity index (χ0v) is 14.6. The first-order chi connectivity index (χ1) is 12.0. The van der Waals surface area contributed by atoms with E-state index in [0.717, 1.165) is 16.3 Å². The molecule has 3 aromatic rings. The zero-order valence-electron chi connectivity index (χ0n) is 13.8. The molecule has 0 atom stereocenters. The standard InChI is InChI=1S/C19H16N2O3S/c1-12-20-18(11-25-12)14-3-7-16(8-4-14)21-19(23)15-5-9-17(10-6-15)24-13(2)22/h3-11H,1-2H3,(H,21,23). The van der Waals surface area contributed by atoms with Crippen LogP contribution in [-0.4, -0.2) is 16.9 Å². The molecule has 2 aromatic carbocycles. The molecule has 0 aliphatic carbocycles. The van der Waals surface area contributed by atoms with Crippen LogP contribution in [0.5, 0.6) is 5.75 Å². The fourth-order valence-electron chi connectivity index (χ4n) is 2.26. The maximum absolute atomic E-state index is 12.3. The van der Waals surface area contributed by atoms with Crippen molar-refractivity contribution in [3.8, 4) is 17.0 Å². The van der Waals surface area contributed by atoms with E-state index in [4.69, 9.17) is 4.74 Å². The molecule has 25 heavy (non-hydrogen) atoms. The molecule has 0 saturated carbocycles. The van der Waals surface area contributed by atoms with Crippen LogP contribution < -0.4 is 10.1 Å². The van der Waals surface area contributed by atoms with Gasteiger partial charge < -0.3 is 10.1 Å². The lowest BCUT2D eigenvalue weighted by molar-refractivity contribution is -0.131. The highest BCUT2D eigenvalue weighted by molar-refractivity contribution is 7.09. The fraction of sp³-hybridized carbons (Fsp3) is 0.105. The van der Waals surface area contributed by atoms with Gasteiger partial charge in [0.05, 0.1) is 10.7 Å². The van der Waals surface area contributed by atoms with E-state index in [1.54, 1.807) is 35.6 Å². The molecule has 6 heteroatoms. The summed E-state index contributed by atoms with van der Waals surface area (Å²) < 4.78 is 4.95. The van der Waals surface area contributed by atoms with Gasteiger partial charge in [-0.3, -0.25) is 9.59 Å². The number of nitrogens with one attached hydrogen (secondary N) is 1. The minimum Gasteiger partial charge on any atom is -0.427 e. The van der Waals surface area contributed by atoms with E-state index >= 15 is 0 Å². The van der Waals surface area contributed by atoms with E-state index in [-0.39, 0.29) is 5.91 Å². The number of rotatable bonds is 4. The van der Waals surface area contributed by atoms with Gasteiger partial charge in [0.15, 0.2) is 0 Å². The number of anilines is 1. The number of thiazole rings is 1. The summed E-state index contributed by atoms with van der Waals surface area (Å²) in [6.45, 7) is 3.30. The maximum atomic E-state index is 12.3. The Morgan fingerprint density at radius 3 is 2.28 bits per heavy atom. The summed E-state index contributed by atoms with van der Waals surface area (Å²) in [6, 6.07) is 13.9. The Morgan fingerprint density at radius 1 is 1.04 bits per heavy atom. The normalized spacial score (nSPS) is 10.3. The van der Waals surface area contributed by atoms with Gasteiger partial charge in [0, 0.05) is 29.1 Å². The number of carbonyl (C=O) groups excluding carboxylic acids is 2. The molecule has 126 valence electrons. The van der Waals surface area contributed by atoms with Crippen LogP contribution in [0, 0.1) is 6.92 Å². The number of aryl methyl sites for hydroxylation is 1. The fourth-order valence-corrected chi connectivity index (χ4v) is 2.89. The van der Waals surface area contributed by atoms with E-state index < -0.39 is 5.97 Å². The first-order valence-electron chi connectivity index (χ1n) is 7.63. The number of esters is 1. The number of aromatic nitrogens is 1. The Kier molecular flexibility index (Phi) is 4.90. The van der Waals surface area contributed by atoms with Crippen molar-refractivity contribution in [1.29, 1.82) is 0 Å². The molecular formula is C19H16N2O3S. The van der Waals surface area contributed by atoms with Crippen molar-refractivity contribution < 1.29 is 14.3 Å². The van der Waals surface area contributed by atoms with E-state index in [2.05, 4.69) is 10.3 Å². The summed E-state index contributed by atoms with van der Waals surface area (Å²) in [7, 11) is 0. The van der Waals surface area contributed by atoms with Crippen molar-refractivity contribution in [1.82, 2.24) is 4.98 Å². The maximum Gasteiger partial charge on any atom is 0.308 e. The van der Waals surface area contributed by atoms with Gasteiger partial charge in [0.25, 0.3) is 5.91 Å². The Morgan fingerprint density at radius 2 is 1.72 bits per heavy atom. The third-order valence-corrected chi connectivity index (χ3v) is 4.21. The average molecular weight is 352 g/mol. The van der Waals surface area contributed by atoms with Crippen molar-refractivity contribution in [2.45, 2.75) is 13.8 Å². The number of hydrogen-bond acceptors (Lipinski definition) is 5. The topological polar surface area (TPSA) is 68.3 Å². The van der Waals surface area contributed by atoms with Gasteiger partial charge in [0.2, 0.25) is 0 Å². The van der Waals surface area contributed by atoms with E-state index in [1.807, 2.05) is 36.6 Å². The molecule has 0 bridgehead atoms. The molecule has 0 fully saturated rings. The van der Waals surface area contributed by atoms with Crippen molar-refractivity contribution in [2.75, 3.05) is 5.32 Å². The molecule has 3 rings (SSSR count). The van der Waals surface area contributed by atoms with Crippen LogP contribution in [0.25, 0.3) is 11.3 Å². The van der Waals surface area contributed by atoms with E-state index in [9.17, 15) is 9.59 Å². The van der Waals surface area contributed by atoms with Gasteiger partial charge in [-0.15, -0.1) is 11.3 Å². The summed E-state index contributed by atoms with van der Waals surface area (Å²) >= 11 is 1.60. The molecule has 1 N–H and O–H groups in total. The highest BCUT2D eigenvalue weighted by Gasteiger charge is 2.08. The van der Waals surface area contributed by atoms with Crippen molar-refractivity contribution in [2.24, 2.45) is 0 Å². The summed E-state index contributed by atoms with van der Waals surface area (Å²) in [6.07, 6.45) is 0. The Hall–Kier alpha value is -2.99. The molecule has 0 aliphatic heterocycles. The molecule has 0 spiro atoms. The van der Waals surface area contributed by atoms with Gasteiger partial charge in [-0.2, -0.15) is 0 Å². The van der Waals surface area contributed by atoms with Crippen LogP contribution in [0.3, 0.4) is 0 Å². The third kappa shape index (κ3) is 4.30. The molecule has 0 unspecified atom stereocenters. The van der Waals surface area contributed by atoms with E-state index in [0.29, 0.717) is 17.0 Å². The van der Waals surface area contributed by atoms with Crippen LogP contribution in [0.2, 0.25) is 0 Å². The molecule has 1 amide bonds. The van der Waals surface area contributed by atoms with Crippen LogP contribution in [-0.2, 0) is 4.79 Å². The average Bonchev–Trinajstić information content (AvgIpc) is 3.02. The molecule has 0 saturated heterocycles. The number of hydrogen-bond donors (Lipinski definition) is 1. The third-order valence-electron chi connectivity index (χ3n) is 3.44. The highest BCUT2D eigenvalue weighted by Crippen LogP contribution is 2.23. The zero-order chi connectivity index (χ0) is 17.8. The summed E-state index contributed by atoms with van der Waals surface area (Å²) in [4.78, 5) is 27.6. The smallest absolute Gasteiger partial charge is 0.308 e. The molecule has 1 aromatic heterocycles. The minimum absolute atomic E-state index is 0.230. The van der Waals surface area contributed by atoms with Gasteiger partial charge in [-0.25, -0.2) is 4.98 Å². The molecular weight excluding hydrogens is 336 g/mol. The van der Waals surface area contributed by atoms with Crippen molar-refractivity contribution in [3.63, 3.8) is 0 Å². The first kappa shape index (κ1) is 16.9. The number of carbonyl (C=O) groups is 2. The Balaban J connectivity index is 1.67. The summed E-state index contributed by atoms with van der Waals surface area (Å²) in [5.41, 5.74) is 3.12. The minimum atomic E-state index is -0.396. The Bertz CT molecular complexity index is 899. The van der Waals surface area contributed by atoms with Crippen molar-refractivity contribution >= 4 is 28.9 Å². The first-order valence-corrected chi connectivity index (χ1v) is 8.51. The molecule has 5 nitrogen and oxygen atoms in total. The summed E-state index contributed by atoms with van der Waals surface area (Å²) in [5.74, 6) is -0.216. The second-order valence-electron chi connectivity index (χ2n) is 5.40. The van der Waals surface area contributed by atoms with Gasteiger partial charge in [-0.1, -0.05) is 12.1 Å². The van der Waals surface area contributed by atoms with Gasteiger partial charge in [0.1, 0.15) is 5.75 Å². The number of nitrogens with zero attached hydrogens (tertiary/aromatic N) is 1. The van der Waals surface area contributed by atoms with Crippen LogP contribution in [0.4, 0.5) is 5.69 Å². The second kappa shape index (κ2) is 7.27. The van der Waals surface area contributed by atoms with Crippen molar-refractivity contribution in [3.05, 3.63) is 64.5 Å². The number of amides is 1. The lowest BCUT2D eigenvalue weighted by Gasteiger charge is -2.07. The largest absolute Gasteiger partial charge is 0.427 e. The van der Waals surface area contributed by atoms with E-state index in [1.165, 1.54) is 6.92 Å². The quantitative estimate of drug-likeness (QED) is 0.562. The van der Waals surface area contributed by atoms with Gasteiger partial charge in [-0.05, 0) is 43.3 Å². The van der Waals surface area contributed by atoms with Crippen LogP contribution in [0.15, 0.2) is 53.9 Å². The second-order valence-corrected chi connectivity index (χ2v) is 6.46. The lowest BCUT2D eigenvalue weighted by atomic mass is 10.1. The SMILES string of the molecule is CC(=O)Oc1ccc(C(=O)Nc2ccc(-c3csc(C)n3)cc2)cc1. The Labute approximate surface area is 149 Å². The summed E-state index contributed by atoms with van der Waals surface area (Å²) in [5, 5.41) is 5.86. The predicted molar refractivity (Wildman–Crippen MR) is 98.0 cm³/mol. The monoisotopic (exact) mass is 352 g/mol. The molecule has 0 radical (unpaired) electrons. The highest BCUT2D eigenvalue weighted by atomic mass is 32.1. The van der Waals surface area contributed by atoms with Crippen LogP contribution in [0.1, 0.15) is 22.3 Å². The van der Waals surface area contributed by atoms with Crippen LogP contribution >= 0.6 is 11.3 Å². The molecule has 1 heterocycles. The number of ether oxygens (including phenoxy) is 1. The number of benzene rings is 2. The molecule has 0 aliphatic rings. The lowest BCUT2D eigenvalue weighted by Crippen LogP contribution is -2.11. The predicted octanol–water partition coefficient (Wildman–Crippen LogP) is 4.30. The van der Waals surface area contributed by atoms with Gasteiger partial charge >= 0.3 is 5.97 Å².